The molecule has 1 aromatic carbocycles. The third kappa shape index (κ3) is 3.22. The fraction of sp³-hybridized carbons (Fsp3) is 0.417. The van der Waals surface area contributed by atoms with Gasteiger partial charge in [-0.3, -0.25) is 4.79 Å². The van der Waals surface area contributed by atoms with E-state index in [1.165, 1.54) is 0 Å². The Bertz CT molecular complexity index is 404. The second-order valence-corrected chi connectivity index (χ2v) is 6.13. The van der Waals surface area contributed by atoms with Crippen molar-refractivity contribution in [2.24, 2.45) is 0 Å². The van der Waals surface area contributed by atoms with Crippen LogP contribution in [0.3, 0.4) is 0 Å². The van der Waals surface area contributed by atoms with Crippen molar-refractivity contribution in [2.75, 3.05) is 5.32 Å². The van der Waals surface area contributed by atoms with Gasteiger partial charge in [0.05, 0.1) is 0 Å². The Morgan fingerprint density at radius 1 is 1.56 bits per heavy atom. The molecule has 0 radical (unpaired) electrons. The number of hydrogen-bond donors (Lipinski definition) is 1. The quantitative estimate of drug-likeness (QED) is 0.835. The minimum atomic E-state index is -0.537. The van der Waals surface area contributed by atoms with Crippen LogP contribution in [0.2, 0.25) is 5.02 Å². The van der Waals surface area contributed by atoms with Crippen molar-refractivity contribution in [3.63, 3.8) is 0 Å². The fourth-order valence-electron chi connectivity index (χ4n) is 1.09. The highest BCUT2D eigenvalue weighted by Gasteiger charge is 2.27. The number of hydrogen-bond acceptors (Lipinski definition) is 1. The predicted octanol–water partition coefficient (Wildman–Crippen LogP) is 4.15. The van der Waals surface area contributed by atoms with Gasteiger partial charge in [-0.05, 0) is 38.0 Å². The van der Waals surface area contributed by atoms with E-state index in [1.54, 1.807) is 6.07 Å². The van der Waals surface area contributed by atoms with Gasteiger partial charge in [0, 0.05) is 10.7 Å². The van der Waals surface area contributed by atoms with Crippen LogP contribution in [0.4, 0.5) is 5.69 Å². The number of halogens is 2. The number of rotatable bonds is 3. The molecule has 0 saturated heterocycles. The number of carbonyl (C=O) groups excluding carboxylic acids is 1. The lowest BCUT2D eigenvalue weighted by Gasteiger charge is -2.19. The number of anilines is 1. The fourth-order valence-corrected chi connectivity index (χ4v) is 1.37. The van der Waals surface area contributed by atoms with Crippen molar-refractivity contribution in [1.29, 1.82) is 0 Å². The standard InChI is InChI=1S/C12H15BrClNO/c1-4-12(3,13)11(16)15-9-6-5-8(2)10(14)7-9/h5-7H,4H2,1-3H3,(H,15,16). The van der Waals surface area contributed by atoms with Gasteiger partial charge in [-0.1, -0.05) is 40.5 Å². The Morgan fingerprint density at radius 2 is 2.19 bits per heavy atom. The topological polar surface area (TPSA) is 29.1 Å². The Morgan fingerprint density at radius 3 is 2.69 bits per heavy atom. The molecule has 0 aromatic heterocycles. The Kier molecular flexibility index (Phi) is 4.39. The maximum absolute atomic E-state index is 11.9. The van der Waals surface area contributed by atoms with Gasteiger partial charge in [0.15, 0.2) is 0 Å². The van der Waals surface area contributed by atoms with Crippen molar-refractivity contribution >= 4 is 39.1 Å². The van der Waals surface area contributed by atoms with Crippen molar-refractivity contribution in [2.45, 2.75) is 31.5 Å². The monoisotopic (exact) mass is 303 g/mol. The van der Waals surface area contributed by atoms with Crippen LogP contribution >= 0.6 is 27.5 Å². The number of benzene rings is 1. The number of nitrogens with one attached hydrogen (secondary N) is 1. The van der Waals surface area contributed by atoms with Crippen molar-refractivity contribution in [3.05, 3.63) is 28.8 Å². The first-order chi connectivity index (χ1) is 7.36. The van der Waals surface area contributed by atoms with Crippen molar-refractivity contribution in [1.82, 2.24) is 0 Å². The zero-order valence-corrected chi connectivity index (χ0v) is 11.9. The third-order valence-electron chi connectivity index (χ3n) is 2.57. The maximum atomic E-state index is 11.9. The number of carbonyl (C=O) groups is 1. The third-order valence-corrected chi connectivity index (χ3v) is 3.90. The van der Waals surface area contributed by atoms with Gasteiger partial charge in [-0.2, -0.15) is 0 Å². The molecule has 4 heteroatoms. The largest absolute Gasteiger partial charge is 0.325 e. The summed E-state index contributed by atoms with van der Waals surface area (Å²) in [4.78, 5) is 11.9. The van der Waals surface area contributed by atoms with Crippen LogP contribution in [0.5, 0.6) is 0 Å². The zero-order chi connectivity index (χ0) is 12.3. The van der Waals surface area contributed by atoms with E-state index in [0.29, 0.717) is 5.02 Å². The molecule has 1 rings (SSSR count). The van der Waals surface area contributed by atoms with Crippen molar-refractivity contribution in [3.8, 4) is 0 Å². The van der Waals surface area contributed by atoms with E-state index in [9.17, 15) is 4.79 Å². The van der Waals surface area contributed by atoms with Gasteiger partial charge >= 0.3 is 0 Å². The van der Waals surface area contributed by atoms with E-state index in [4.69, 9.17) is 11.6 Å². The summed E-state index contributed by atoms with van der Waals surface area (Å²) >= 11 is 9.37. The lowest BCUT2D eigenvalue weighted by atomic mass is 10.1. The Balaban J connectivity index is 2.82. The molecule has 0 fully saturated rings. The Labute approximate surface area is 110 Å². The highest BCUT2D eigenvalue weighted by molar-refractivity contribution is 9.10. The van der Waals surface area contributed by atoms with Gasteiger partial charge < -0.3 is 5.32 Å². The van der Waals surface area contributed by atoms with Crippen LogP contribution in [0.25, 0.3) is 0 Å². The molecule has 1 amide bonds. The molecule has 88 valence electrons. The van der Waals surface area contributed by atoms with Crippen LogP contribution < -0.4 is 5.32 Å². The number of amides is 1. The van der Waals surface area contributed by atoms with E-state index in [1.807, 2.05) is 32.9 Å². The molecule has 1 aromatic rings. The molecular weight excluding hydrogens is 289 g/mol. The van der Waals surface area contributed by atoms with Crippen LogP contribution in [-0.2, 0) is 4.79 Å². The molecule has 0 aliphatic carbocycles. The maximum Gasteiger partial charge on any atom is 0.240 e. The van der Waals surface area contributed by atoms with Gasteiger partial charge in [0.25, 0.3) is 0 Å². The second-order valence-electron chi connectivity index (χ2n) is 3.97. The average molecular weight is 305 g/mol. The summed E-state index contributed by atoms with van der Waals surface area (Å²) in [6, 6.07) is 5.49. The molecule has 0 aliphatic rings. The van der Waals surface area contributed by atoms with Crippen LogP contribution in [0, 0.1) is 6.92 Å². The summed E-state index contributed by atoms with van der Waals surface area (Å²) in [6.45, 7) is 5.73. The van der Waals surface area contributed by atoms with Gasteiger partial charge in [0.1, 0.15) is 4.32 Å². The summed E-state index contributed by atoms with van der Waals surface area (Å²) in [7, 11) is 0. The average Bonchev–Trinajstić information content (AvgIpc) is 2.23. The van der Waals surface area contributed by atoms with E-state index < -0.39 is 4.32 Å². The number of alkyl halides is 1. The van der Waals surface area contributed by atoms with E-state index in [2.05, 4.69) is 21.2 Å². The smallest absolute Gasteiger partial charge is 0.240 e. The van der Waals surface area contributed by atoms with Crippen LogP contribution in [0.15, 0.2) is 18.2 Å². The minimum absolute atomic E-state index is 0.0603. The summed E-state index contributed by atoms with van der Waals surface area (Å²) in [6.07, 6.45) is 0.721. The molecule has 0 saturated carbocycles. The lowest BCUT2D eigenvalue weighted by Crippen LogP contribution is -2.33. The Hall–Kier alpha value is -0.540. The first-order valence-electron chi connectivity index (χ1n) is 5.13. The first kappa shape index (κ1) is 13.5. The molecule has 0 heterocycles. The van der Waals surface area contributed by atoms with E-state index in [0.717, 1.165) is 17.7 Å². The molecule has 1 N–H and O–H groups in total. The predicted molar refractivity (Wildman–Crippen MR) is 72.4 cm³/mol. The summed E-state index contributed by atoms with van der Waals surface area (Å²) in [5.41, 5.74) is 1.72. The second kappa shape index (κ2) is 5.19. The normalized spacial score (nSPS) is 14.3. The molecule has 0 bridgehead atoms. The molecular formula is C12H15BrClNO. The highest BCUT2D eigenvalue weighted by atomic mass is 79.9. The van der Waals surface area contributed by atoms with Crippen LogP contribution in [0.1, 0.15) is 25.8 Å². The molecule has 1 unspecified atom stereocenters. The number of aryl methyl sites for hydroxylation is 1. The highest BCUT2D eigenvalue weighted by Crippen LogP contribution is 2.25. The van der Waals surface area contributed by atoms with Crippen LogP contribution in [-0.4, -0.2) is 10.2 Å². The van der Waals surface area contributed by atoms with Crippen molar-refractivity contribution < 1.29 is 4.79 Å². The van der Waals surface area contributed by atoms with Gasteiger partial charge in [0.2, 0.25) is 5.91 Å². The summed E-state index contributed by atoms with van der Waals surface area (Å²) < 4.78 is -0.537. The minimum Gasteiger partial charge on any atom is -0.325 e. The molecule has 2 nitrogen and oxygen atoms in total. The first-order valence-corrected chi connectivity index (χ1v) is 6.30. The van der Waals surface area contributed by atoms with E-state index >= 15 is 0 Å². The molecule has 1 atom stereocenters. The molecule has 0 aliphatic heterocycles. The summed E-state index contributed by atoms with van der Waals surface area (Å²) in [5.74, 6) is -0.0603. The SMILES string of the molecule is CCC(C)(Br)C(=O)Nc1ccc(C)c(Cl)c1. The van der Waals surface area contributed by atoms with Gasteiger partial charge in [-0.15, -0.1) is 0 Å². The summed E-state index contributed by atoms with van der Waals surface area (Å²) in [5, 5.41) is 3.49. The lowest BCUT2D eigenvalue weighted by molar-refractivity contribution is -0.117. The molecule has 0 spiro atoms. The molecule has 16 heavy (non-hydrogen) atoms. The zero-order valence-electron chi connectivity index (χ0n) is 9.60. The van der Waals surface area contributed by atoms with E-state index in [-0.39, 0.29) is 5.91 Å². The van der Waals surface area contributed by atoms with Gasteiger partial charge in [-0.25, -0.2) is 0 Å².